The molecule has 2 aliphatic heterocycles. The highest BCUT2D eigenvalue weighted by Crippen LogP contribution is 2.39. The molecular weight excluding hydrogens is 410 g/mol. The van der Waals surface area contributed by atoms with Crippen molar-refractivity contribution < 1.29 is 14.5 Å². The molecule has 0 unspecified atom stereocenters. The summed E-state index contributed by atoms with van der Waals surface area (Å²) in [6.45, 7) is 2.73. The quantitative estimate of drug-likeness (QED) is 0.420. The van der Waals surface area contributed by atoms with E-state index in [0.29, 0.717) is 44.8 Å². The fraction of sp³-hybridized carbons (Fsp3) is 0.391. The monoisotopic (exact) mass is 435 g/mol. The van der Waals surface area contributed by atoms with Gasteiger partial charge in [-0.3, -0.25) is 14.9 Å². The topological polar surface area (TPSA) is 112 Å². The van der Waals surface area contributed by atoms with E-state index in [1.54, 1.807) is 25.3 Å². The van der Waals surface area contributed by atoms with Crippen LogP contribution in [0, 0.1) is 27.4 Å². The lowest BCUT2D eigenvalue weighted by molar-refractivity contribution is -0.384. The summed E-state index contributed by atoms with van der Waals surface area (Å²) in [5.41, 5.74) is 3.25. The van der Waals surface area contributed by atoms with Crippen molar-refractivity contribution in [3.05, 3.63) is 63.7 Å². The van der Waals surface area contributed by atoms with Crippen molar-refractivity contribution in [2.75, 3.05) is 49.7 Å². The second kappa shape index (κ2) is 9.24. The Bertz CT molecular complexity index is 1070. The first-order valence-corrected chi connectivity index (χ1v) is 10.6. The molecule has 1 amide bonds. The van der Waals surface area contributed by atoms with Crippen molar-refractivity contribution in [1.29, 1.82) is 5.26 Å². The van der Waals surface area contributed by atoms with Gasteiger partial charge in [0.2, 0.25) is 5.91 Å². The number of carbonyl (C=O) groups excluding carboxylic acids is 1. The van der Waals surface area contributed by atoms with Gasteiger partial charge in [0.15, 0.2) is 0 Å². The van der Waals surface area contributed by atoms with Crippen LogP contribution in [0.3, 0.4) is 0 Å². The third kappa shape index (κ3) is 4.09. The number of benzene rings is 2. The number of anilines is 2. The lowest BCUT2D eigenvalue weighted by atomic mass is 9.83. The van der Waals surface area contributed by atoms with Crippen LogP contribution >= 0.6 is 0 Å². The molecule has 2 aliphatic rings. The molecule has 0 spiro atoms. The molecule has 2 aromatic rings. The molecule has 1 fully saturated rings. The van der Waals surface area contributed by atoms with Crippen molar-refractivity contribution >= 4 is 23.0 Å². The maximum Gasteiger partial charge on any atom is 0.269 e. The third-order valence-corrected chi connectivity index (χ3v) is 6.21. The van der Waals surface area contributed by atoms with E-state index in [1.807, 2.05) is 18.2 Å². The molecular formula is C23H25N5O4. The average Bonchev–Trinajstić information content (AvgIpc) is 2.82. The van der Waals surface area contributed by atoms with Gasteiger partial charge in [0, 0.05) is 51.1 Å². The molecule has 1 saturated heterocycles. The fourth-order valence-electron chi connectivity index (χ4n) is 4.69. The second-order valence-electron chi connectivity index (χ2n) is 8.00. The lowest BCUT2D eigenvalue weighted by Crippen LogP contribution is -2.61. The normalized spacial score (nSPS) is 19.5. The van der Waals surface area contributed by atoms with Gasteiger partial charge in [-0.05, 0) is 30.2 Å². The van der Waals surface area contributed by atoms with E-state index in [2.05, 4.69) is 21.2 Å². The highest BCUT2D eigenvalue weighted by Gasteiger charge is 2.42. The molecule has 0 aliphatic carbocycles. The van der Waals surface area contributed by atoms with Crippen LogP contribution in [0.1, 0.15) is 11.1 Å². The van der Waals surface area contributed by atoms with Gasteiger partial charge in [-0.25, -0.2) is 0 Å². The minimum atomic E-state index is -0.406. The van der Waals surface area contributed by atoms with E-state index in [9.17, 15) is 20.2 Å². The fourth-order valence-corrected chi connectivity index (χ4v) is 4.69. The first kappa shape index (κ1) is 21.6. The summed E-state index contributed by atoms with van der Waals surface area (Å²) >= 11 is 0. The largest absolute Gasteiger partial charge is 0.383 e. The number of hydrogen-bond donors (Lipinski definition) is 1. The van der Waals surface area contributed by atoms with Gasteiger partial charge in [-0.1, -0.05) is 12.1 Å². The number of fused-ring (bicyclic) bond motifs is 3. The maximum atomic E-state index is 13.1. The van der Waals surface area contributed by atoms with Crippen LogP contribution in [0.25, 0.3) is 0 Å². The number of nitrogens with zero attached hydrogens (tertiary/aromatic N) is 4. The predicted octanol–water partition coefficient (Wildman–Crippen LogP) is 2.10. The number of carbonyl (C=O) groups is 1. The number of nitro benzene ring substituents is 1. The Morgan fingerprint density at radius 1 is 1.28 bits per heavy atom. The molecule has 2 aromatic carbocycles. The summed E-state index contributed by atoms with van der Waals surface area (Å²) in [5.74, 6) is -0.469. The van der Waals surface area contributed by atoms with Gasteiger partial charge in [-0.2, -0.15) is 5.26 Å². The number of ether oxygens (including phenoxy) is 1. The van der Waals surface area contributed by atoms with Crippen LogP contribution in [0.15, 0.2) is 42.5 Å². The lowest BCUT2D eigenvalue weighted by Gasteiger charge is -2.49. The summed E-state index contributed by atoms with van der Waals surface area (Å²) in [5, 5.41) is 23.7. The number of methoxy groups -OCH3 is 1. The Morgan fingerprint density at radius 2 is 2.09 bits per heavy atom. The minimum absolute atomic E-state index is 0.0299. The number of rotatable bonds is 6. The first-order valence-electron chi connectivity index (χ1n) is 10.6. The summed E-state index contributed by atoms with van der Waals surface area (Å²) < 4.78 is 5.05. The molecule has 0 saturated carbocycles. The van der Waals surface area contributed by atoms with Gasteiger partial charge < -0.3 is 19.9 Å². The summed E-state index contributed by atoms with van der Waals surface area (Å²) in [7, 11) is 1.58. The summed E-state index contributed by atoms with van der Waals surface area (Å²) in [6.07, 6.45) is 0.421. The number of nitriles is 1. The summed E-state index contributed by atoms with van der Waals surface area (Å²) in [6, 6.07) is 14.5. The Balaban J connectivity index is 1.67. The van der Waals surface area contributed by atoms with Crippen molar-refractivity contribution in [3.63, 3.8) is 0 Å². The molecule has 1 N–H and O–H groups in total. The second-order valence-corrected chi connectivity index (χ2v) is 8.00. The molecule has 4 rings (SSSR count). The molecule has 9 nitrogen and oxygen atoms in total. The third-order valence-electron chi connectivity index (χ3n) is 6.21. The van der Waals surface area contributed by atoms with Gasteiger partial charge in [-0.15, -0.1) is 0 Å². The minimum Gasteiger partial charge on any atom is -0.383 e. The van der Waals surface area contributed by atoms with Gasteiger partial charge in [0.25, 0.3) is 5.69 Å². The van der Waals surface area contributed by atoms with Crippen molar-refractivity contribution in [2.45, 2.75) is 12.5 Å². The van der Waals surface area contributed by atoms with E-state index in [4.69, 9.17) is 4.74 Å². The zero-order valence-electron chi connectivity index (χ0n) is 17.9. The van der Waals surface area contributed by atoms with E-state index in [1.165, 1.54) is 6.07 Å². The Morgan fingerprint density at radius 3 is 2.84 bits per heavy atom. The number of nitro groups is 1. The van der Waals surface area contributed by atoms with Crippen molar-refractivity contribution in [1.82, 2.24) is 5.32 Å². The Hall–Kier alpha value is -3.64. The van der Waals surface area contributed by atoms with E-state index in [0.717, 1.165) is 16.9 Å². The molecule has 166 valence electrons. The molecule has 0 radical (unpaired) electrons. The van der Waals surface area contributed by atoms with E-state index in [-0.39, 0.29) is 23.6 Å². The number of para-hydroxylation sites is 1. The van der Waals surface area contributed by atoms with Crippen LogP contribution in [0.5, 0.6) is 0 Å². The molecule has 9 heteroatoms. The smallest absolute Gasteiger partial charge is 0.269 e. The van der Waals surface area contributed by atoms with Crippen molar-refractivity contribution in [2.24, 2.45) is 5.92 Å². The van der Waals surface area contributed by atoms with E-state index >= 15 is 0 Å². The highest BCUT2D eigenvalue weighted by atomic mass is 16.6. The van der Waals surface area contributed by atoms with Crippen LogP contribution in [0.2, 0.25) is 0 Å². The van der Waals surface area contributed by atoms with E-state index < -0.39 is 4.92 Å². The number of nitrogens with one attached hydrogen (secondary N) is 1. The molecule has 2 heterocycles. The Labute approximate surface area is 186 Å². The Kier molecular flexibility index (Phi) is 6.23. The van der Waals surface area contributed by atoms with Crippen LogP contribution < -0.4 is 15.1 Å². The first-order chi connectivity index (χ1) is 15.5. The predicted molar refractivity (Wildman–Crippen MR) is 120 cm³/mol. The molecule has 32 heavy (non-hydrogen) atoms. The summed E-state index contributed by atoms with van der Waals surface area (Å²) in [4.78, 5) is 28.4. The van der Waals surface area contributed by atoms with Crippen LogP contribution in [0.4, 0.5) is 17.1 Å². The van der Waals surface area contributed by atoms with Gasteiger partial charge in [0.1, 0.15) is 6.07 Å². The van der Waals surface area contributed by atoms with Gasteiger partial charge in [0.05, 0.1) is 34.7 Å². The number of piperazine rings is 1. The molecule has 0 aromatic heterocycles. The number of amides is 1. The number of hydrogen-bond acceptors (Lipinski definition) is 7. The standard InChI is InChI=1S/C23H25N5O4/c1-32-11-8-25-23(29)19-13-17-12-18(28(30)31)6-7-21(17)27-10-9-26(15-22(19)27)20-5-3-2-4-16(20)14-24/h2-7,12,19,22H,8-11,13,15H2,1H3,(H,25,29)/t19-,22-/m0/s1. The highest BCUT2D eigenvalue weighted by molar-refractivity contribution is 5.82. The molecule has 0 bridgehead atoms. The maximum absolute atomic E-state index is 13.1. The zero-order chi connectivity index (χ0) is 22.7. The SMILES string of the molecule is COCCNC(=O)[C@H]1Cc2cc([N+](=O)[O-])ccc2N2CCN(c3ccccc3C#N)C[C@@H]12. The zero-order valence-corrected chi connectivity index (χ0v) is 17.9. The van der Waals surface area contributed by atoms with Crippen LogP contribution in [-0.2, 0) is 16.0 Å². The van der Waals surface area contributed by atoms with Gasteiger partial charge >= 0.3 is 0 Å². The molecule has 2 atom stereocenters. The van der Waals surface area contributed by atoms with Crippen molar-refractivity contribution in [3.8, 4) is 6.07 Å². The van der Waals surface area contributed by atoms with Crippen LogP contribution in [-0.4, -0.2) is 56.8 Å². The average molecular weight is 435 g/mol. The number of non-ortho nitro benzene ring substituents is 1.